The Morgan fingerprint density at radius 3 is 2.84 bits per heavy atom. The first-order valence-corrected chi connectivity index (χ1v) is 10.5. The van der Waals surface area contributed by atoms with Crippen LogP contribution >= 0.6 is 11.3 Å². The summed E-state index contributed by atoms with van der Waals surface area (Å²) in [5.41, 5.74) is 2.82. The summed E-state index contributed by atoms with van der Waals surface area (Å²) in [5.74, 6) is 4.41. The fourth-order valence-corrected chi connectivity index (χ4v) is 4.65. The third-order valence-electron chi connectivity index (χ3n) is 5.19. The van der Waals surface area contributed by atoms with E-state index in [1.807, 2.05) is 42.5 Å². The van der Waals surface area contributed by atoms with Crippen molar-refractivity contribution < 1.29 is 14.3 Å². The number of anilines is 1. The number of thiazole rings is 1. The predicted octanol–water partition coefficient (Wildman–Crippen LogP) is 3.98. The minimum Gasteiger partial charge on any atom is -0.497 e. The van der Waals surface area contributed by atoms with Gasteiger partial charge in [-0.1, -0.05) is 29.4 Å². The summed E-state index contributed by atoms with van der Waals surface area (Å²) in [6, 6.07) is 13.4. The van der Waals surface area contributed by atoms with Gasteiger partial charge in [0.15, 0.2) is 0 Å². The summed E-state index contributed by atoms with van der Waals surface area (Å²) >= 11 is 1.49. The van der Waals surface area contributed by atoms with Gasteiger partial charge in [-0.05, 0) is 35.9 Å². The number of carbonyl (C=O) groups is 1. The molecule has 2 aromatic carbocycles. The highest BCUT2D eigenvalue weighted by molar-refractivity contribution is 7.20. The lowest BCUT2D eigenvalue weighted by molar-refractivity contribution is -0.116. The van der Waals surface area contributed by atoms with Gasteiger partial charge in [-0.2, -0.15) is 9.78 Å². The average Bonchev–Trinajstić information content (AvgIpc) is 3.40. The Hall–Kier alpha value is -3.83. The van der Waals surface area contributed by atoms with Crippen LogP contribution in [-0.2, 0) is 4.79 Å². The lowest BCUT2D eigenvalue weighted by atomic mass is 9.87. The molecule has 0 fully saturated rings. The Morgan fingerprint density at radius 1 is 1.26 bits per heavy atom. The van der Waals surface area contributed by atoms with Gasteiger partial charge in [0.05, 0.1) is 23.5 Å². The molecular weight excluding hydrogens is 412 g/mol. The van der Waals surface area contributed by atoms with Gasteiger partial charge < -0.3 is 14.8 Å². The first kappa shape index (κ1) is 19.2. The zero-order valence-corrected chi connectivity index (χ0v) is 17.5. The molecule has 31 heavy (non-hydrogen) atoms. The minimum absolute atomic E-state index is 0.0605. The van der Waals surface area contributed by atoms with Crippen molar-refractivity contribution >= 4 is 33.3 Å². The molecule has 7 nitrogen and oxygen atoms in total. The number of amides is 1. The Balaban J connectivity index is 1.51. The monoisotopic (exact) mass is 430 g/mol. The molecule has 0 unspecified atom stereocenters. The van der Waals surface area contributed by atoms with E-state index in [2.05, 4.69) is 21.3 Å². The van der Waals surface area contributed by atoms with E-state index in [-0.39, 0.29) is 18.4 Å². The van der Waals surface area contributed by atoms with Crippen molar-refractivity contribution in [1.82, 2.24) is 14.8 Å². The summed E-state index contributed by atoms with van der Waals surface area (Å²) in [5, 5.41) is 8.20. The normalized spacial score (nSPS) is 15.2. The minimum atomic E-state index is -0.103. The van der Waals surface area contributed by atoms with Crippen LogP contribution in [0.4, 0.5) is 5.82 Å². The zero-order valence-electron chi connectivity index (χ0n) is 16.7. The number of ether oxygens (including phenoxy) is 2. The molecule has 3 heterocycles. The van der Waals surface area contributed by atoms with E-state index in [9.17, 15) is 4.79 Å². The van der Waals surface area contributed by atoms with Gasteiger partial charge in [-0.15, -0.1) is 6.42 Å². The Kier molecular flexibility index (Phi) is 4.81. The largest absolute Gasteiger partial charge is 0.497 e. The fourth-order valence-electron chi connectivity index (χ4n) is 3.69. The second-order valence-electron chi connectivity index (χ2n) is 7.06. The van der Waals surface area contributed by atoms with E-state index in [0.717, 1.165) is 27.1 Å². The zero-order chi connectivity index (χ0) is 21.4. The number of methoxy groups -OCH3 is 1. The van der Waals surface area contributed by atoms with Crippen molar-refractivity contribution in [2.75, 3.05) is 19.0 Å². The molecule has 0 spiro atoms. The number of benzene rings is 2. The molecule has 8 heteroatoms. The summed E-state index contributed by atoms with van der Waals surface area (Å²) in [7, 11) is 1.64. The van der Waals surface area contributed by atoms with Crippen molar-refractivity contribution in [3.05, 3.63) is 59.8 Å². The molecule has 1 amide bonds. The van der Waals surface area contributed by atoms with Crippen LogP contribution in [0.1, 0.15) is 23.5 Å². The van der Waals surface area contributed by atoms with E-state index in [0.29, 0.717) is 23.1 Å². The standard InChI is InChI=1S/C23H18N4O3S/c1-3-10-30-15-6-4-14(5-7-15)17-12-21(28)26-22-18(17)13-24-27(22)23-25-19-9-8-16(29-2)11-20(19)31-23/h1,4-9,11,13,17H,10,12H2,2H3,(H,26,28)/t17-/m0/s1. The van der Waals surface area contributed by atoms with Gasteiger partial charge in [-0.25, -0.2) is 4.98 Å². The van der Waals surface area contributed by atoms with Crippen LogP contribution in [0.25, 0.3) is 15.3 Å². The lowest BCUT2D eigenvalue weighted by Crippen LogP contribution is -2.24. The Morgan fingerprint density at radius 2 is 2.06 bits per heavy atom. The van der Waals surface area contributed by atoms with E-state index < -0.39 is 0 Å². The van der Waals surface area contributed by atoms with Gasteiger partial charge in [0, 0.05) is 17.9 Å². The quantitative estimate of drug-likeness (QED) is 0.485. The molecular formula is C23H18N4O3S. The van der Waals surface area contributed by atoms with Crippen LogP contribution < -0.4 is 14.8 Å². The lowest BCUT2D eigenvalue weighted by Gasteiger charge is -2.23. The molecule has 0 radical (unpaired) electrons. The first-order valence-electron chi connectivity index (χ1n) is 9.65. The molecule has 0 saturated heterocycles. The van der Waals surface area contributed by atoms with E-state index in [1.54, 1.807) is 18.0 Å². The number of nitrogens with one attached hydrogen (secondary N) is 1. The molecule has 0 aliphatic carbocycles. The number of fused-ring (bicyclic) bond motifs is 2. The summed E-state index contributed by atoms with van der Waals surface area (Å²) in [6.45, 7) is 0.218. The van der Waals surface area contributed by atoms with Crippen molar-refractivity contribution in [2.24, 2.45) is 0 Å². The highest BCUT2D eigenvalue weighted by atomic mass is 32.1. The number of rotatable bonds is 5. The average molecular weight is 430 g/mol. The van der Waals surface area contributed by atoms with Crippen LogP contribution in [0, 0.1) is 12.3 Å². The van der Waals surface area contributed by atoms with Gasteiger partial charge in [0.25, 0.3) is 0 Å². The summed E-state index contributed by atoms with van der Waals surface area (Å²) < 4.78 is 13.4. The molecule has 2 aromatic heterocycles. The molecule has 0 saturated carbocycles. The molecule has 1 aliphatic rings. The molecule has 1 N–H and O–H groups in total. The van der Waals surface area contributed by atoms with Crippen LogP contribution in [0.5, 0.6) is 11.5 Å². The number of hydrogen-bond donors (Lipinski definition) is 1. The van der Waals surface area contributed by atoms with Crippen molar-refractivity contribution in [1.29, 1.82) is 0 Å². The SMILES string of the molecule is C#CCOc1ccc([C@@H]2CC(=O)Nc3c2cnn3-c2nc3ccc(OC)cc3s2)cc1. The number of hydrogen-bond acceptors (Lipinski definition) is 6. The van der Waals surface area contributed by atoms with Gasteiger partial charge in [0.1, 0.15) is 23.9 Å². The van der Waals surface area contributed by atoms with Crippen LogP contribution in [0.15, 0.2) is 48.7 Å². The molecule has 154 valence electrons. The highest BCUT2D eigenvalue weighted by Gasteiger charge is 2.31. The maximum atomic E-state index is 12.5. The van der Waals surface area contributed by atoms with Crippen LogP contribution in [0.2, 0.25) is 0 Å². The number of terminal acetylenes is 1. The predicted molar refractivity (Wildman–Crippen MR) is 119 cm³/mol. The highest BCUT2D eigenvalue weighted by Crippen LogP contribution is 2.39. The third kappa shape index (κ3) is 3.49. The van der Waals surface area contributed by atoms with E-state index >= 15 is 0 Å². The Labute approximate surface area is 182 Å². The second kappa shape index (κ2) is 7.78. The maximum Gasteiger partial charge on any atom is 0.226 e. The topological polar surface area (TPSA) is 78.3 Å². The molecule has 4 aromatic rings. The van der Waals surface area contributed by atoms with Crippen molar-refractivity contribution in [3.8, 4) is 29.0 Å². The van der Waals surface area contributed by atoms with Gasteiger partial charge in [-0.3, -0.25) is 4.79 Å². The summed E-state index contributed by atoms with van der Waals surface area (Å²) in [4.78, 5) is 17.2. The fraction of sp³-hybridized carbons (Fsp3) is 0.174. The first-order chi connectivity index (χ1) is 15.2. The smallest absolute Gasteiger partial charge is 0.226 e. The molecule has 0 bridgehead atoms. The van der Waals surface area contributed by atoms with Crippen molar-refractivity contribution in [3.63, 3.8) is 0 Å². The van der Waals surface area contributed by atoms with Gasteiger partial charge in [0.2, 0.25) is 11.0 Å². The van der Waals surface area contributed by atoms with Gasteiger partial charge >= 0.3 is 0 Å². The summed E-state index contributed by atoms with van der Waals surface area (Å²) in [6.07, 6.45) is 7.39. The van der Waals surface area contributed by atoms with Crippen molar-refractivity contribution in [2.45, 2.75) is 12.3 Å². The van der Waals surface area contributed by atoms with Crippen LogP contribution in [-0.4, -0.2) is 34.4 Å². The second-order valence-corrected chi connectivity index (χ2v) is 8.07. The Bertz CT molecular complexity index is 1320. The molecule has 5 rings (SSSR count). The number of carbonyl (C=O) groups excluding carboxylic acids is 1. The van der Waals surface area contributed by atoms with E-state index in [4.69, 9.17) is 15.9 Å². The van der Waals surface area contributed by atoms with E-state index in [1.165, 1.54) is 11.3 Å². The molecule has 1 aliphatic heterocycles. The third-order valence-corrected chi connectivity index (χ3v) is 6.18. The maximum absolute atomic E-state index is 12.5. The number of nitrogens with zero attached hydrogens (tertiary/aromatic N) is 3. The number of aromatic nitrogens is 3. The molecule has 1 atom stereocenters. The van der Waals surface area contributed by atoms with Crippen LogP contribution in [0.3, 0.4) is 0 Å².